The van der Waals surface area contributed by atoms with Crippen LogP contribution in [0.3, 0.4) is 0 Å². The van der Waals surface area contributed by atoms with Gasteiger partial charge in [-0.25, -0.2) is 0 Å². The molecule has 72 heavy (non-hydrogen) atoms. The molecule has 0 amide bonds. The average molecular weight is 934 g/mol. The van der Waals surface area contributed by atoms with Crippen LogP contribution in [0, 0.1) is 0 Å². The van der Waals surface area contributed by atoms with Crippen LogP contribution in [-0.4, -0.2) is 8.07 Å². The van der Waals surface area contributed by atoms with Gasteiger partial charge in [-0.3, -0.25) is 0 Å². The van der Waals surface area contributed by atoms with Crippen molar-refractivity contribution in [2.75, 3.05) is 4.90 Å². The zero-order valence-corrected chi connectivity index (χ0v) is 42.0. The average Bonchev–Trinajstić information content (AvgIpc) is 3.96. The Labute approximate surface area is 422 Å². The quantitative estimate of drug-likeness (QED) is 0.155. The molecule has 0 bridgehead atoms. The maximum Gasteiger partial charge on any atom is 0.180 e. The Balaban J connectivity index is 1.02. The molecular weight excluding hydrogens is 883 g/mol. The van der Waals surface area contributed by atoms with Crippen molar-refractivity contribution in [2.24, 2.45) is 0 Å². The summed E-state index contributed by atoms with van der Waals surface area (Å²) in [6, 6.07) is 90.9. The first-order chi connectivity index (χ1) is 35.2. The van der Waals surface area contributed by atoms with Gasteiger partial charge in [0.1, 0.15) is 0 Å². The number of fused-ring (bicyclic) bond motifs is 15. The van der Waals surface area contributed by atoms with Gasteiger partial charge >= 0.3 is 0 Å². The van der Waals surface area contributed by atoms with Crippen molar-refractivity contribution in [3.05, 3.63) is 259 Å². The molecule has 0 spiro atoms. The van der Waals surface area contributed by atoms with E-state index in [4.69, 9.17) is 0 Å². The van der Waals surface area contributed by atoms with Gasteiger partial charge in [-0.2, -0.15) is 0 Å². The van der Waals surface area contributed by atoms with Gasteiger partial charge in [0.25, 0.3) is 0 Å². The molecule has 0 radical (unpaired) electrons. The highest BCUT2D eigenvalue weighted by Gasteiger charge is 2.50. The molecule has 1 nitrogen and oxygen atoms in total. The second-order valence-corrected chi connectivity index (χ2v) is 25.3. The molecule has 0 atom stereocenters. The van der Waals surface area contributed by atoms with Crippen LogP contribution >= 0.6 is 0 Å². The molecule has 0 N–H and O–H groups in total. The van der Waals surface area contributed by atoms with Crippen molar-refractivity contribution >= 4 is 89.0 Å². The second kappa shape index (κ2) is 14.9. The van der Waals surface area contributed by atoms with E-state index < -0.39 is 8.07 Å². The summed E-state index contributed by atoms with van der Waals surface area (Å²) in [5, 5.41) is 15.9. The third kappa shape index (κ3) is 5.53. The number of hydrogen-bond donors (Lipinski definition) is 0. The van der Waals surface area contributed by atoms with Crippen LogP contribution in [0.1, 0.15) is 49.9 Å². The van der Waals surface area contributed by atoms with E-state index in [0.29, 0.717) is 0 Å². The number of nitrogens with zero attached hydrogens (tertiary/aromatic N) is 1. The fourth-order valence-corrected chi connectivity index (χ4v) is 19.0. The Hall–Kier alpha value is -8.30. The highest BCUT2D eigenvalue weighted by atomic mass is 28.3. The Bertz CT molecular complexity index is 4080. The van der Waals surface area contributed by atoms with Gasteiger partial charge in [0.05, 0.1) is 5.69 Å². The molecule has 1 heterocycles. The van der Waals surface area contributed by atoms with E-state index in [0.717, 1.165) is 0 Å². The summed E-state index contributed by atoms with van der Waals surface area (Å²) in [5.74, 6) is 0. The summed E-state index contributed by atoms with van der Waals surface area (Å²) in [4.78, 5) is 2.62. The minimum atomic E-state index is -2.98. The normalized spacial score (nSPS) is 15.0. The highest BCUT2D eigenvalue weighted by molar-refractivity contribution is 7.22. The first kappa shape index (κ1) is 41.5. The van der Waals surface area contributed by atoms with Crippen LogP contribution in [0.5, 0.6) is 0 Å². The topological polar surface area (TPSA) is 3.24 Å². The predicted octanol–water partition coefficient (Wildman–Crippen LogP) is 15.7. The lowest BCUT2D eigenvalue weighted by Gasteiger charge is -2.33. The van der Waals surface area contributed by atoms with Crippen molar-refractivity contribution in [3.8, 4) is 33.4 Å². The van der Waals surface area contributed by atoms with Crippen molar-refractivity contribution in [1.29, 1.82) is 0 Å². The number of rotatable bonds is 5. The molecule has 1 aliphatic heterocycles. The zero-order chi connectivity index (χ0) is 48.1. The Kier molecular flexibility index (Phi) is 8.56. The molecule has 0 unspecified atom stereocenters. The molecule has 2 heteroatoms. The maximum absolute atomic E-state index is 2.98. The minimum absolute atomic E-state index is 0.210. The van der Waals surface area contributed by atoms with Crippen LogP contribution < -0.4 is 25.6 Å². The molecule has 15 rings (SSSR count). The van der Waals surface area contributed by atoms with Crippen LogP contribution in [0.15, 0.2) is 237 Å². The first-order valence-electron chi connectivity index (χ1n) is 25.6. The first-order valence-corrected chi connectivity index (χ1v) is 27.6. The lowest BCUT2D eigenvalue weighted by molar-refractivity contribution is 0.660. The molecule has 0 fully saturated rings. The molecule has 340 valence electrons. The van der Waals surface area contributed by atoms with Gasteiger partial charge < -0.3 is 4.90 Å². The monoisotopic (exact) mass is 933 g/mol. The standard InChI is InChI=1S/C70H51NSi/c1-69(2)59-38-30-46-18-9-11-22-54(46)66(59)56-36-32-50(42-61(56)69)71(51-33-37-57-62(43-51)70(3,4)60-39-31-47-19-10-12-23-55(47)67(57)60)63-25-15-27-65-68(63)58-24-13-14-26-64(58)72(65,52-34-28-44-16-5-7-20-48(44)40-52)53-35-29-45-17-6-8-21-49(45)41-53/h5-43H,1-4H3. The minimum Gasteiger partial charge on any atom is -0.310 e. The van der Waals surface area contributed by atoms with Gasteiger partial charge in [0, 0.05) is 27.8 Å². The van der Waals surface area contributed by atoms with Crippen LogP contribution in [0.25, 0.3) is 76.5 Å². The third-order valence-corrected chi connectivity index (χ3v) is 22.1. The van der Waals surface area contributed by atoms with E-state index in [1.165, 1.54) is 137 Å². The molecule has 3 aliphatic rings. The third-order valence-electron chi connectivity index (χ3n) is 17.3. The van der Waals surface area contributed by atoms with Gasteiger partial charge in [-0.05, 0) is 144 Å². The molecule has 2 aliphatic carbocycles. The molecule has 12 aromatic carbocycles. The van der Waals surface area contributed by atoms with Crippen molar-refractivity contribution < 1.29 is 0 Å². The van der Waals surface area contributed by atoms with Crippen molar-refractivity contribution in [3.63, 3.8) is 0 Å². The highest BCUT2D eigenvalue weighted by Crippen LogP contribution is 2.56. The van der Waals surface area contributed by atoms with E-state index in [9.17, 15) is 0 Å². The molecule has 0 saturated carbocycles. The Morgan fingerprint density at radius 3 is 1.29 bits per heavy atom. The molecule has 0 saturated heterocycles. The van der Waals surface area contributed by atoms with Gasteiger partial charge in [-0.15, -0.1) is 0 Å². The van der Waals surface area contributed by atoms with Gasteiger partial charge in [-0.1, -0.05) is 234 Å². The lowest BCUT2D eigenvalue weighted by Crippen LogP contribution is -2.72. The smallest absolute Gasteiger partial charge is 0.180 e. The summed E-state index contributed by atoms with van der Waals surface area (Å²) in [6.07, 6.45) is 0. The summed E-state index contributed by atoms with van der Waals surface area (Å²) < 4.78 is 0. The Morgan fingerprint density at radius 2 is 0.750 bits per heavy atom. The molecule has 12 aromatic rings. The molecule has 0 aromatic heterocycles. The zero-order valence-electron chi connectivity index (χ0n) is 41.0. The largest absolute Gasteiger partial charge is 0.310 e. The van der Waals surface area contributed by atoms with E-state index in [-0.39, 0.29) is 10.8 Å². The molecular formula is C70H51NSi. The summed E-state index contributed by atoms with van der Waals surface area (Å²) in [6.45, 7) is 9.68. The maximum atomic E-state index is 2.62. The fraction of sp³-hybridized carbons (Fsp3) is 0.0857. The number of anilines is 3. The Morgan fingerprint density at radius 1 is 0.306 bits per heavy atom. The number of benzene rings is 12. The van der Waals surface area contributed by atoms with Crippen LogP contribution in [0.4, 0.5) is 17.1 Å². The van der Waals surface area contributed by atoms with Gasteiger partial charge in [0.2, 0.25) is 0 Å². The van der Waals surface area contributed by atoms with Crippen molar-refractivity contribution in [1.82, 2.24) is 0 Å². The predicted molar refractivity (Wildman–Crippen MR) is 309 cm³/mol. The lowest BCUT2D eigenvalue weighted by atomic mass is 9.81. The van der Waals surface area contributed by atoms with Crippen LogP contribution in [-0.2, 0) is 10.8 Å². The van der Waals surface area contributed by atoms with E-state index in [2.05, 4.69) is 269 Å². The summed E-state index contributed by atoms with van der Waals surface area (Å²) in [7, 11) is -2.98. The van der Waals surface area contributed by atoms with E-state index in [1.54, 1.807) is 0 Å². The number of hydrogen-bond acceptors (Lipinski definition) is 1. The van der Waals surface area contributed by atoms with Crippen LogP contribution in [0.2, 0.25) is 0 Å². The van der Waals surface area contributed by atoms with E-state index >= 15 is 0 Å². The summed E-state index contributed by atoms with van der Waals surface area (Å²) in [5.41, 5.74) is 16.7. The van der Waals surface area contributed by atoms with Crippen molar-refractivity contribution in [2.45, 2.75) is 38.5 Å². The van der Waals surface area contributed by atoms with E-state index in [1.807, 2.05) is 0 Å². The fourth-order valence-electron chi connectivity index (χ4n) is 13.8. The SMILES string of the molecule is CC1(C)c2cc(N(c3ccc4c(c3)C(C)(C)c3ccc5ccccc5c3-4)c3cccc4c3-c3ccccc3[Si]4(c3ccc4ccccc4c3)c3ccc4ccccc4c3)ccc2-c2c1ccc1ccccc21. The summed E-state index contributed by atoms with van der Waals surface area (Å²) >= 11 is 0. The second-order valence-electron chi connectivity index (χ2n) is 21.6. The van der Waals surface area contributed by atoms with Gasteiger partial charge in [0.15, 0.2) is 8.07 Å².